The molecule has 2 aliphatic heterocycles. The van der Waals surface area contributed by atoms with Crippen molar-refractivity contribution in [3.05, 3.63) is 100 Å². The van der Waals surface area contributed by atoms with E-state index in [1.54, 1.807) is 18.5 Å². The van der Waals surface area contributed by atoms with Gasteiger partial charge in [0, 0.05) is 32.1 Å². The molecule has 40 heavy (non-hydrogen) atoms. The molecule has 6 nitrogen and oxygen atoms in total. The number of pyridine rings is 1. The smallest absolute Gasteiger partial charge is 0.253 e. The molecule has 2 aliphatic rings. The summed E-state index contributed by atoms with van der Waals surface area (Å²) in [6.45, 7) is 11.1. The predicted octanol–water partition coefficient (Wildman–Crippen LogP) is 6.36. The highest BCUT2D eigenvalue weighted by molar-refractivity contribution is 5.94. The number of nitrogens with zero attached hydrogens (tertiary/aromatic N) is 2. The van der Waals surface area contributed by atoms with Crippen molar-refractivity contribution in [1.82, 2.24) is 15.2 Å². The topological polar surface area (TPSA) is 63.7 Å². The Labute approximate surface area is 238 Å². The number of ether oxygens (including phenoxy) is 2. The van der Waals surface area contributed by atoms with Crippen LogP contribution in [0.1, 0.15) is 78.2 Å². The zero-order chi connectivity index (χ0) is 27.9. The second-order valence-electron chi connectivity index (χ2n) is 10.9. The first kappa shape index (κ1) is 28.1. The van der Waals surface area contributed by atoms with E-state index in [0.29, 0.717) is 24.5 Å². The molecule has 0 aliphatic carbocycles. The standard InChI is InChI=1S/C34H41N3O3/c1-4-37-17-13-29(14-18-37)33(27-7-5-24(2)6-8-27)28-11-9-26(10-12-28)25(3)36-34(38)30-21-32(23-35-22-30)40-31-15-19-39-20-16-31/h5-12,21-23,25,31H,4,13-20H2,1-3H3,(H,36,38)/t25-/m1/s1. The van der Waals surface area contributed by atoms with Crippen LogP contribution in [0.15, 0.2) is 72.6 Å². The fraction of sp³-hybridized carbons (Fsp3) is 0.412. The van der Waals surface area contributed by atoms with Crippen molar-refractivity contribution in [2.24, 2.45) is 0 Å². The van der Waals surface area contributed by atoms with Gasteiger partial charge in [-0.05, 0) is 61.6 Å². The Morgan fingerprint density at radius 2 is 1.65 bits per heavy atom. The summed E-state index contributed by atoms with van der Waals surface area (Å²) in [7, 11) is 0. The maximum absolute atomic E-state index is 13.1. The minimum absolute atomic E-state index is 0.102. The normalized spacial score (nSPS) is 17.3. The molecule has 6 heteroatoms. The Hall–Kier alpha value is -3.48. The molecular weight excluding hydrogens is 498 g/mol. The van der Waals surface area contributed by atoms with Crippen LogP contribution in [0.2, 0.25) is 0 Å². The van der Waals surface area contributed by atoms with E-state index in [0.717, 1.165) is 50.9 Å². The maximum Gasteiger partial charge on any atom is 0.253 e. The van der Waals surface area contributed by atoms with Crippen LogP contribution in [0.5, 0.6) is 5.75 Å². The van der Waals surface area contributed by atoms with Gasteiger partial charge in [0.2, 0.25) is 0 Å². The molecule has 0 unspecified atom stereocenters. The second kappa shape index (κ2) is 13.2. The SMILES string of the molecule is CCN1CCC(=C(c2ccc(C)cc2)c2ccc([C@@H](C)NC(=O)c3cncc(OC4CCOCC4)c3)cc2)CC1. The molecule has 0 spiro atoms. The minimum Gasteiger partial charge on any atom is -0.489 e. The summed E-state index contributed by atoms with van der Waals surface area (Å²) in [6.07, 6.45) is 7.25. The van der Waals surface area contributed by atoms with Crippen LogP contribution >= 0.6 is 0 Å². The third-order valence-electron chi connectivity index (χ3n) is 8.09. The fourth-order valence-corrected chi connectivity index (χ4v) is 5.58. The van der Waals surface area contributed by atoms with Gasteiger partial charge in [0.15, 0.2) is 0 Å². The van der Waals surface area contributed by atoms with Gasteiger partial charge >= 0.3 is 0 Å². The van der Waals surface area contributed by atoms with Gasteiger partial charge in [0.1, 0.15) is 11.9 Å². The molecule has 2 aromatic carbocycles. The lowest BCUT2D eigenvalue weighted by molar-refractivity contribution is 0.0254. The maximum atomic E-state index is 13.1. The highest BCUT2D eigenvalue weighted by Crippen LogP contribution is 2.33. The Kier molecular flexibility index (Phi) is 9.30. The van der Waals surface area contributed by atoms with Gasteiger partial charge in [-0.25, -0.2) is 0 Å². The number of rotatable bonds is 8. The van der Waals surface area contributed by atoms with E-state index in [2.05, 4.69) is 77.6 Å². The molecular formula is C34H41N3O3. The third kappa shape index (κ3) is 6.98. The van der Waals surface area contributed by atoms with Crippen LogP contribution in [0.4, 0.5) is 0 Å². The van der Waals surface area contributed by atoms with E-state index in [-0.39, 0.29) is 18.1 Å². The Bertz CT molecular complexity index is 1300. The number of carbonyl (C=O) groups is 1. The molecule has 0 radical (unpaired) electrons. The van der Waals surface area contributed by atoms with E-state index < -0.39 is 0 Å². The predicted molar refractivity (Wildman–Crippen MR) is 160 cm³/mol. The fourth-order valence-electron chi connectivity index (χ4n) is 5.58. The number of hydrogen-bond acceptors (Lipinski definition) is 5. The van der Waals surface area contributed by atoms with Crippen molar-refractivity contribution in [3.8, 4) is 5.75 Å². The zero-order valence-electron chi connectivity index (χ0n) is 24.0. The Morgan fingerprint density at radius 1 is 1.00 bits per heavy atom. The summed E-state index contributed by atoms with van der Waals surface area (Å²) in [5.74, 6) is 0.463. The Morgan fingerprint density at radius 3 is 2.30 bits per heavy atom. The van der Waals surface area contributed by atoms with Crippen molar-refractivity contribution in [2.75, 3.05) is 32.8 Å². The lowest BCUT2D eigenvalue weighted by atomic mass is 9.87. The average Bonchev–Trinajstić information content (AvgIpc) is 2.99. The molecule has 210 valence electrons. The molecule has 3 heterocycles. The monoisotopic (exact) mass is 539 g/mol. The number of hydrogen-bond donors (Lipinski definition) is 1. The zero-order valence-corrected chi connectivity index (χ0v) is 24.0. The van der Waals surface area contributed by atoms with Crippen molar-refractivity contribution in [3.63, 3.8) is 0 Å². The molecule has 1 N–H and O–H groups in total. The molecule has 3 aromatic rings. The van der Waals surface area contributed by atoms with Crippen molar-refractivity contribution < 1.29 is 14.3 Å². The van der Waals surface area contributed by atoms with Gasteiger partial charge < -0.3 is 19.7 Å². The van der Waals surface area contributed by atoms with E-state index in [9.17, 15) is 4.79 Å². The summed E-state index contributed by atoms with van der Waals surface area (Å²) in [4.78, 5) is 19.8. The van der Waals surface area contributed by atoms with Crippen LogP contribution < -0.4 is 10.1 Å². The number of carbonyl (C=O) groups excluding carboxylic acids is 1. The molecule has 1 aromatic heterocycles. The van der Waals surface area contributed by atoms with E-state index in [4.69, 9.17) is 9.47 Å². The summed E-state index contributed by atoms with van der Waals surface area (Å²) < 4.78 is 11.5. The number of nitrogens with one attached hydrogen (secondary N) is 1. The second-order valence-corrected chi connectivity index (χ2v) is 10.9. The Balaban J connectivity index is 1.29. The van der Waals surface area contributed by atoms with Crippen molar-refractivity contribution >= 4 is 11.5 Å². The van der Waals surface area contributed by atoms with E-state index in [1.807, 2.05) is 6.92 Å². The largest absolute Gasteiger partial charge is 0.489 e. The summed E-state index contributed by atoms with van der Waals surface area (Å²) in [5, 5.41) is 3.13. The average molecular weight is 540 g/mol. The summed E-state index contributed by atoms with van der Waals surface area (Å²) in [5.41, 5.74) is 8.21. The van der Waals surface area contributed by atoms with Crippen molar-refractivity contribution in [1.29, 1.82) is 0 Å². The molecule has 0 saturated carbocycles. The summed E-state index contributed by atoms with van der Waals surface area (Å²) >= 11 is 0. The minimum atomic E-state index is -0.161. The number of piperidine rings is 1. The molecule has 5 rings (SSSR count). The first-order valence-corrected chi connectivity index (χ1v) is 14.6. The lowest BCUT2D eigenvalue weighted by Crippen LogP contribution is -2.30. The van der Waals surface area contributed by atoms with Crippen LogP contribution in [0.25, 0.3) is 5.57 Å². The molecule has 2 saturated heterocycles. The molecule has 0 bridgehead atoms. The molecule has 1 amide bonds. The number of benzene rings is 2. The molecule has 2 fully saturated rings. The number of aromatic nitrogens is 1. The van der Waals surface area contributed by atoms with Gasteiger partial charge in [-0.2, -0.15) is 0 Å². The van der Waals surface area contributed by atoms with E-state index in [1.165, 1.54) is 27.8 Å². The summed E-state index contributed by atoms with van der Waals surface area (Å²) in [6, 6.07) is 19.2. The van der Waals surface area contributed by atoms with Crippen LogP contribution in [-0.2, 0) is 4.74 Å². The lowest BCUT2D eigenvalue weighted by Gasteiger charge is -2.29. The van der Waals surface area contributed by atoms with E-state index >= 15 is 0 Å². The van der Waals surface area contributed by atoms with Crippen molar-refractivity contribution in [2.45, 2.75) is 58.6 Å². The third-order valence-corrected chi connectivity index (χ3v) is 8.09. The molecule has 1 atom stereocenters. The van der Waals surface area contributed by atoms with Gasteiger partial charge in [-0.3, -0.25) is 9.78 Å². The number of likely N-dealkylation sites (tertiary alicyclic amines) is 1. The van der Waals surface area contributed by atoms with Crippen LogP contribution in [0, 0.1) is 6.92 Å². The highest BCUT2D eigenvalue weighted by atomic mass is 16.5. The number of amides is 1. The van der Waals surface area contributed by atoms with Gasteiger partial charge in [-0.1, -0.05) is 66.6 Å². The van der Waals surface area contributed by atoms with Crippen LogP contribution in [-0.4, -0.2) is 54.7 Å². The van der Waals surface area contributed by atoms with Gasteiger partial charge in [0.25, 0.3) is 5.91 Å². The quantitative estimate of drug-likeness (QED) is 0.361. The first-order valence-electron chi connectivity index (χ1n) is 14.6. The van der Waals surface area contributed by atoms with Gasteiger partial charge in [0.05, 0.1) is 31.0 Å². The van der Waals surface area contributed by atoms with Crippen LogP contribution in [0.3, 0.4) is 0 Å². The first-order chi connectivity index (χ1) is 19.5. The number of aryl methyl sites for hydroxylation is 1. The highest BCUT2D eigenvalue weighted by Gasteiger charge is 2.20. The van der Waals surface area contributed by atoms with Gasteiger partial charge in [-0.15, -0.1) is 0 Å².